The Bertz CT molecular complexity index is 488. The van der Waals surface area contributed by atoms with Crippen LogP contribution in [-0.2, 0) is 9.59 Å². The Balaban J connectivity index is 2.93. The van der Waals surface area contributed by atoms with Gasteiger partial charge in [-0.1, -0.05) is 18.2 Å². The van der Waals surface area contributed by atoms with Crippen LogP contribution in [0.5, 0.6) is 0 Å². The van der Waals surface area contributed by atoms with Crippen molar-refractivity contribution in [3.63, 3.8) is 0 Å². The van der Waals surface area contributed by atoms with E-state index >= 15 is 0 Å². The van der Waals surface area contributed by atoms with Crippen LogP contribution in [0.3, 0.4) is 0 Å². The predicted molar refractivity (Wildman–Crippen MR) is 60.7 cm³/mol. The number of amides is 1. The smallest absolute Gasteiger partial charge is 0.454 e. The Hall–Kier alpha value is -2.52. The van der Waals surface area contributed by atoms with Crippen molar-refractivity contribution >= 4 is 17.6 Å². The number of hydrogen-bond donors (Lipinski definition) is 4. The zero-order valence-corrected chi connectivity index (χ0v) is 9.39. The van der Waals surface area contributed by atoms with Crippen molar-refractivity contribution in [2.75, 3.05) is 5.32 Å². The van der Waals surface area contributed by atoms with Gasteiger partial charge < -0.3 is 20.6 Å². The van der Waals surface area contributed by atoms with E-state index in [-0.39, 0.29) is 5.69 Å². The second kappa shape index (κ2) is 5.42. The third kappa shape index (κ3) is 2.84. The lowest BCUT2D eigenvalue weighted by atomic mass is 10.1. The Morgan fingerprint density at radius 2 is 1.84 bits per heavy atom. The Labute approximate surface area is 106 Å². The maximum Gasteiger partial charge on any atom is 0.454 e. The maximum atomic E-state index is 11.5. The number of aliphatic carboxylic acids is 1. The van der Waals surface area contributed by atoms with Crippen LogP contribution in [0.1, 0.15) is 0 Å². The topological polar surface area (TPSA) is 150 Å². The van der Waals surface area contributed by atoms with Crippen LogP contribution in [0.4, 0.5) is 5.69 Å². The Morgan fingerprint density at radius 3 is 2.26 bits per heavy atom. The molecule has 0 aliphatic rings. The summed E-state index contributed by atoms with van der Waals surface area (Å²) in [7, 11) is 0. The van der Waals surface area contributed by atoms with Gasteiger partial charge in [0, 0.05) is 5.69 Å². The fourth-order valence-electron chi connectivity index (χ4n) is 1.21. The van der Waals surface area contributed by atoms with Gasteiger partial charge in [-0.15, -0.1) is 0 Å². The molecule has 9 heteroatoms. The highest BCUT2D eigenvalue weighted by Gasteiger charge is 2.60. The molecule has 0 aromatic heterocycles. The summed E-state index contributed by atoms with van der Waals surface area (Å²) in [5, 5.41) is 39.7. The average molecular weight is 270 g/mol. The molecule has 1 rings (SSSR count). The predicted octanol–water partition coefficient (Wildman–Crippen LogP) is -0.964. The number of benzene rings is 1. The first-order valence-corrected chi connectivity index (χ1v) is 4.94. The molecule has 0 fully saturated rings. The van der Waals surface area contributed by atoms with Crippen LogP contribution in [-0.4, -0.2) is 43.9 Å². The molecule has 1 aromatic carbocycles. The molecule has 102 valence electrons. The molecule has 0 unspecified atom stereocenters. The number of nitrogens with zero attached hydrogens (tertiary/aromatic N) is 1. The second-order valence-electron chi connectivity index (χ2n) is 3.55. The maximum absolute atomic E-state index is 11.5. The summed E-state index contributed by atoms with van der Waals surface area (Å²) >= 11 is 0. The lowest BCUT2D eigenvalue weighted by Crippen LogP contribution is -2.59. The number of hydrogen-bond acceptors (Lipinski definition) is 6. The molecule has 0 saturated carbocycles. The monoisotopic (exact) mass is 270 g/mol. The first kappa shape index (κ1) is 14.5. The van der Waals surface area contributed by atoms with E-state index in [1.807, 2.05) is 5.32 Å². The minimum Gasteiger partial charge on any atom is -0.474 e. The molecule has 0 spiro atoms. The van der Waals surface area contributed by atoms with Gasteiger partial charge in [0.25, 0.3) is 5.91 Å². The Kier molecular flexibility index (Phi) is 4.14. The molecule has 9 nitrogen and oxygen atoms in total. The van der Waals surface area contributed by atoms with Crippen LogP contribution >= 0.6 is 0 Å². The Morgan fingerprint density at radius 1 is 1.32 bits per heavy atom. The molecule has 0 aliphatic heterocycles. The molecule has 0 bridgehead atoms. The van der Waals surface area contributed by atoms with Crippen LogP contribution < -0.4 is 5.32 Å². The van der Waals surface area contributed by atoms with Crippen molar-refractivity contribution in [1.82, 2.24) is 0 Å². The van der Waals surface area contributed by atoms with Crippen LogP contribution in [0.15, 0.2) is 30.3 Å². The van der Waals surface area contributed by atoms with E-state index in [0.717, 1.165) is 0 Å². The molecule has 19 heavy (non-hydrogen) atoms. The van der Waals surface area contributed by atoms with Crippen LogP contribution in [0.25, 0.3) is 0 Å². The van der Waals surface area contributed by atoms with Crippen molar-refractivity contribution in [1.29, 1.82) is 0 Å². The van der Waals surface area contributed by atoms with Crippen molar-refractivity contribution in [2.24, 2.45) is 0 Å². The number of aliphatic hydroxyl groups excluding tert-OH is 1. The van der Waals surface area contributed by atoms with Gasteiger partial charge in [-0.25, -0.2) is 4.79 Å². The molecule has 4 N–H and O–H groups in total. The van der Waals surface area contributed by atoms with Crippen molar-refractivity contribution < 1.29 is 29.8 Å². The molecule has 0 saturated heterocycles. The summed E-state index contributed by atoms with van der Waals surface area (Å²) in [4.78, 5) is 31.0. The number of aliphatic hydroxyl groups is 2. The van der Waals surface area contributed by atoms with Gasteiger partial charge in [-0.2, -0.15) is 0 Å². The third-order valence-electron chi connectivity index (χ3n) is 2.26. The number of nitro groups is 1. The van der Waals surface area contributed by atoms with Crippen LogP contribution in [0.2, 0.25) is 0 Å². The zero-order chi connectivity index (χ0) is 14.6. The lowest BCUT2D eigenvalue weighted by molar-refractivity contribution is -0.616. The van der Waals surface area contributed by atoms with E-state index in [1.165, 1.54) is 12.1 Å². The molecule has 0 aliphatic carbocycles. The SMILES string of the molecule is O=C(Nc1ccccc1)[C@H](O)[C@@](O)(C(=O)O)[N+](=O)[O-]. The first-order chi connectivity index (χ1) is 8.80. The summed E-state index contributed by atoms with van der Waals surface area (Å²) < 4.78 is 0. The van der Waals surface area contributed by atoms with Crippen molar-refractivity contribution in [3.8, 4) is 0 Å². The fourth-order valence-corrected chi connectivity index (χ4v) is 1.21. The zero-order valence-electron chi connectivity index (χ0n) is 9.39. The summed E-state index contributed by atoms with van der Waals surface area (Å²) in [6.45, 7) is 0. The minimum atomic E-state index is -3.81. The van der Waals surface area contributed by atoms with Gasteiger partial charge in [0.05, 0.1) is 4.92 Å². The quantitative estimate of drug-likeness (QED) is 0.305. The number of carboxylic acids is 1. The summed E-state index contributed by atoms with van der Waals surface area (Å²) in [6, 6.07) is 7.54. The standard InChI is InChI=1S/C10H10N2O7/c13-7(10(17,9(15)16)12(18)19)8(14)11-6-4-2-1-3-5-6/h1-5,7,13,17H,(H,11,14)(H,15,16)/t7-,10+/m0/s1. The number of carboxylic acid groups (broad SMARTS) is 1. The molecule has 0 heterocycles. The van der Waals surface area contributed by atoms with Gasteiger partial charge in [-0.3, -0.25) is 14.9 Å². The number of para-hydroxylation sites is 1. The highest BCUT2D eigenvalue weighted by atomic mass is 16.7. The lowest BCUT2D eigenvalue weighted by Gasteiger charge is -2.19. The molecule has 0 radical (unpaired) electrons. The van der Waals surface area contributed by atoms with Crippen LogP contribution in [0, 0.1) is 10.1 Å². The minimum absolute atomic E-state index is 0.183. The number of nitrogens with one attached hydrogen (secondary N) is 1. The summed E-state index contributed by atoms with van der Waals surface area (Å²) in [5.74, 6) is -3.75. The first-order valence-electron chi connectivity index (χ1n) is 4.94. The second-order valence-corrected chi connectivity index (χ2v) is 3.55. The molecule has 1 amide bonds. The van der Waals surface area contributed by atoms with E-state index < -0.39 is 28.6 Å². The van der Waals surface area contributed by atoms with Gasteiger partial charge in [0.15, 0.2) is 0 Å². The van der Waals surface area contributed by atoms with Gasteiger partial charge >= 0.3 is 11.7 Å². The molecule has 2 atom stereocenters. The normalized spacial score (nSPS) is 15.1. The fraction of sp³-hybridized carbons (Fsp3) is 0.200. The highest BCUT2D eigenvalue weighted by molar-refractivity contribution is 5.98. The number of anilines is 1. The van der Waals surface area contributed by atoms with E-state index in [2.05, 4.69) is 0 Å². The van der Waals surface area contributed by atoms with Gasteiger partial charge in [0.2, 0.25) is 6.10 Å². The number of carbonyl (C=O) groups is 2. The van der Waals surface area contributed by atoms with E-state index in [9.17, 15) is 29.9 Å². The summed E-state index contributed by atoms with van der Waals surface area (Å²) in [6.07, 6.45) is -2.76. The van der Waals surface area contributed by atoms with E-state index in [0.29, 0.717) is 0 Å². The van der Waals surface area contributed by atoms with E-state index in [1.54, 1.807) is 18.2 Å². The molecular formula is C10H10N2O7. The molecule has 1 aromatic rings. The van der Waals surface area contributed by atoms with Gasteiger partial charge in [0.1, 0.15) is 0 Å². The van der Waals surface area contributed by atoms with E-state index in [4.69, 9.17) is 5.11 Å². The number of rotatable bonds is 5. The number of carbonyl (C=O) groups excluding carboxylic acids is 1. The van der Waals surface area contributed by atoms with Gasteiger partial charge in [-0.05, 0) is 12.1 Å². The molecular weight excluding hydrogens is 260 g/mol. The average Bonchev–Trinajstić information content (AvgIpc) is 2.37. The van der Waals surface area contributed by atoms with Crippen molar-refractivity contribution in [3.05, 3.63) is 40.4 Å². The largest absolute Gasteiger partial charge is 0.474 e. The summed E-state index contributed by atoms with van der Waals surface area (Å²) in [5.41, 5.74) is -3.62. The highest BCUT2D eigenvalue weighted by Crippen LogP contribution is 2.15. The third-order valence-corrected chi connectivity index (χ3v) is 2.26. The van der Waals surface area contributed by atoms with Crippen molar-refractivity contribution in [2.45, 2.75) is 11.8 Å².